The first-order valence-electron chi connectivity index (χ1n) is 12.0. The molecule has 2 aromatic rings. The Morgan fingerprint density at radius 1 is 0.906 bits per heavy atom. The first-order chi connectivity index (χ1) is 15.5. The van der Waals surface area contributed by atoms with Gasteiger partial charge in [0.2, 0.25) is 0 Å². The van der Waals surface area contributed by atoms with Crippen molar-refractivity contribution < 1.29 is 17.9 Å². The number of ether oxygens (including phenoxy) is 1. The van der Waals surface area contributed by atoms with Gasteiger partial charge in [-0.05, 0) is 68.1 Å². The molecule has 1 fully saturated rings. The second kappa shape index (κ2) is 12.1. The predicted octanol–water partition coefficient (Wildman–Crippen LogP) is 8.75. The van der Waals surface area contributed by atoms with E-state index >= 15 is 0 Å². The lowest BCUT2D eigenvalue weighted by atomic mass is 9.78. The number of unbranched alkanes of at least 4 members (excludes halogenated alkanes) is 4. The third-order valence-corrected chi connectivity index (χ3v) is 6.55. The van der Waals surface area contributed by atoms with E-state index in [1.807, 2.05) is 18.2 Å². The fourth-order valence-electron chi connectivity index (χ4n) is 4.48. The molecule has 4 heteroatoms. The van der Waals surface area contributed by atoms with Gasteiger partial charge in [-0.15, -0.1) is 0 Å². The minimum Gasteiger partial charge on any atom is -0.493 e. The molecule has 0 bridgehead atoms. The van der Waals surface area contributed by atoms with Gasteiger partial charge in [0.1, 0.15) is 11.6 Å². The standard InChI is InChI=1S/C28H35F3O/c1-3-4-5-6-7-18-32-24-16-17-25(26(29)19-24)22-13-9-21(10-14-22)11-15-23-12-8-20(2)27(30)28(23)31/h8,11-12,15-17,19,21-22H,3-7,9-10,13-14,18H2,1-2H3/b15-11+. The molecule has 3 rings (SSSR count). The second-order valence-corrected chi connectivity index (χ2v) is 9.02. The Hall–Kier alpha value is -2.23. The van der Waals surface area contributed by atoms with Gasteiger partial charge in [0.15, 0.2) is 11.6 Å². The highest BCUT2D eigenvalue weighted by molar-refractivity contribution is 5.51. The lowest BCUT2D eigenvalue weighted by Gasteiger charge is -2.27. The van der Waals surface area contributed by atoms with Gasteiger partial charge in [0.25, 0.3) is 0 Å². The summed E-state index contributed by atoms with van der Waals surface area (Å²) < 4.78 is 48.2. The average Bonchev–Trinajstić information content (AvgIpc) is 2.80. The Morgan fingerprint density at radius 3 is 2.38 bits per heavy atom. The third-order valence-electron chi connectivity index (χ3n) is 6.55. The minimum atomic E-state index is -0.791. The Kier molecular flexibility index (Phi) is 9.25. The Bertz CT molecular complexity index is 898. The van der Waals surface area contributed by atoms with E-state index in [2.05, 4.69) is 6.92 Å². The summed E-state index contributed by atoms with van der Waals surface area (Å²) >= 11 is 0. The Balaban J connectivity index is 1.49. The van der Waals surface area contributed by atoms with Crippen molar-refractivity contribution in [1.29, 1.82) is 0 Å². The van der Waals surface area contributed by atoms with Gasteiger partial charge in [0, 0.05) is 11.6 Å². The zero-order valence-electron chi connectivity index (χ0n) is 19.3. The molecule has 0 N–H and O–H groups in total. The van der Waals surface area contributed by atoms with Gasteiger partial charge in [-0.2, -0.15) is 0 Å². The maximum absolute atomic E-state index is 14.7. The normalized spacial score (nSPS) is 18.9. The summed E-state index contributed by atoms with van der Waals surface area (Å²) in [6.45, 7) is 4.38. The van der Waals surface area contributed by atoms with E-state index in [1.54, 1.807) is 25.1 Å². The van der Waals surface area contributed by atoms with Crippen LogP contribution in [0.3, 0.4) is 0 Å². The van der Waals surface area contributed by atoms with E-state index in [9.17, 15) is 13.2 Å². The van der Waals surface area contributed by atoms with E-state index in [-0.39, 0.29) is 17.3 Å². The van der Waals surface area contributed by atoms with Crippen LogP contribution >= 0.6 is 0 Å². The van der Waals surface area contributed by atoms with Crippen molar-refractivity contribution in [3.63, 3.8) is 0 Å². The molecule has 1 aliphatic rings. The molecule has 0 radical (unpaired) electrons. The van der Waals surface area contributed by atoms with Gasteiger partial charge < -0.3 is 4.74 Å². The quantitative estimate of drug-likeness (QED) is 0.333. The number of allylic oxidation sites excluding steroid dienone is 1. The summed E-state index contributed by atoms with van der Waals surface area (Å²) in [7, 11) is 0. The lowest BCUT2D eigenvalue weighted by molar-refractivity contribution is 0.302. The van der Waals surface area contributed by atoms with E-state index in [4.69, 9.17) is 4.74 Å². The fourth-order valence-corrected chi connectivity index (χ4v) is 4.48. The molecule has 174 valence electrons. The number of hydrogen-bond acceptors (Lipinski definition) is 1. The molecule has 0 amide bonds. The topological polar surface area (TPSA) is 9.23 Å². The minimum absolute atomic E-state index is 0.190. The van der Waals surface area contributed by atoms with Crippen molar-refractivity contribution in [1.82, 2.24) is 0 Å². The first kappa shape index (κ1) is 24.4. The van der Waals surface area contributed by atoms with Crippen LogP contribution in [0.15, 0.2) is 36.4 Å². The van der Waals surface area contributed by atoms with Gasteiger partial charge >= 0.3 is 0 Å². The van der Waals surface area contributed by atoms with Crippen LogP contribution in [0.25, 0.3) is 6.08 Å². The highest BCUT2D eigenvalue weighted by atomic mass is 19.2. The summed E-state index contributed by atoms with van der Waals surface area (Å²) in [4.78, 5) is 0. The molecule has 2 aromatic carbocycles. The van der Waals surface area contributed by atoms with Crippen LogP contribution < -0.4 is 4.74 Å². The SMILES string of the molecule is CCCCCCCOc1ccc(C2CCC(/C=C/c3ccc(C)c(F)c3F)CC2)c(F)c1. The molecular weight excluding hydrogens is 409 g/mol. The summed E-state index contributed by atoms with van der Waals surface area (Å²) in [5, 5.41) is 0. The lowest BCUT2D eigenvalue weighted by Crippen LogP contribution is -2.13. The van der Waals surface area contributed by atoms with Crippen LogP contribution in [-0.4, -0.2) is 6.61 Å². The average molecular weight is 445 g/mol. The van der Waals surface area contributed by atoms with Gasteiger partial charge in [-0.3, -0.25) is 0 Å². The summed E-state index contributed by atoms with van der Waals surface area (Å²) in [6.07, 6.45) is 13.1. The second-order valence-electron chi connectivity index (χ2n) is 9.02. The molecule has 0 heterocycles. The van der Waals surface area contributed by atoms with Crippen LogP contribution in [0.2, 0.25) is 0 Å². The van der Waals surface area contributed by atoms with Crippen LogP contribution in [0, 0.1) is 30.3 Å². The maximum Gasteiger partial charge on any atom is 0.166 e. The molecular formula is C28H35F3O. The highest BCUT2D eigenvalue weighted by Crippen LogP contribution is 2.38. The molecule has 0 saturated heterocycles. The zero-order valence-corrected chi connectivity index (χ0v) is 19.3. The van der Waals surface area contributed by atoms with Crippen LogP contribution in [0.4, 0.5) is 13.2 Å². The maximum atomic E-state index is 14.7. The van der Waals surface area contributed by atoms with Crippen LogP contribution in [-0.2, 0) is 0 Å². The van der Waals surface area contributed by atoms with Crippen molar-refractivity contribution in [2.75, 3.05) is 6.61 Å². The molecule has 0 aliphatic heterocycles. The summed E-state index contributed by atoms with van der Waals surface area (Å²) in [6, 6.07) is 8.47. The van der Waals surface area contributed by atoms with Gasteiger partial charge in [-0.1, -0.05) is 63.0 Å². The Morgan fingerprint density at radius 2 is 1.66 bits per heavy atom. The highest BCUT2D eigenvalue weighted by Gasteiger charge is 2.23. The molecule has 0 spiro atoms. The van der Waals surface area contributed by atoms with Gasteiger partial charge in [0.05, 0.1) is 6.61 Å². The molecule has 0 aromatic heterocycles. The van der Waals surface area contributed by atoms with Crippen molar-refractivity contribution in [3.8, 4) is 5.75 Å². The molecule has 0 atom stereocenters. The molecule has 0 unspecified atom stereocenters. The third kappa shape index (κ3) is 6.63. The first-order valence-corrected chi connectivity index (χ1v) is 12.0. The van der Waals surface area contributed by atoms with E-state index in [1.165, 1.54) is 25.3 Å². The molecule has 1 aliphatic carbocycles. The number of halogens is 3. The molecule has 1 saturated carbocycles. The van der Waals surface area contributed by atoms with Crippen molar-refractivity contribution in [2.24, 2.45) is 5.92 Å². The van der Waals surface area contributed by atoms with E-state index in [0.717, 1.165) is 44.1 Å². The van der Waals surface area contributed by atoms with Crippen molar-refractivity contribution >= 4 is 6.08 Å². The number of rotatable bonds is 10. The fraction of sp³-hybridized carbons (Fsp3) is 0.500. The molecule has 32 heavy (non-hydrogen) atoms. The zero-order chi connectivity index (χ0) is 22.9. The van der Waals surface area contributed by atoms with Gasteiger partial charge in [-0.25, -0.2) is 13.2 Å². The van der Waals surface area contributed by atoms with E-state index < -0.39 is 11.6 Å². The number of hydrogen-bond donors (Lipinski definition) is 0. The predicted molar refractivity (Wildman–Crippen MR) is 125 cm³/mol. The van der Waals surface area contributed by atoms with Crippen LogP contribution in [0.1, 0.15) is 87.3 Å². The summed E-state index contributed by atoms with van der Waals surface area (Å²) in [5.74, 6) is -0.671. The number of aryl methyl sites for hydroxylation is 1. The smallest absolute Gasteiger partial charge is 0.166 e. The monoisotopic (exact) mass is 444 g/mol. The van der Waals surface area contributed by atoms with Crippen molar-refractivity contribution in [2.45, 2.75) is 77.6 Å². The molecule has 1 nitrogen and oxygen atoms in total. The number of benzene rings is 2. The van der Waals surface area contributed by atoms with Crippen LogP contribution in [0.5, 0.6) is 5.75 Å². The van der Waals surface area contributed by atoms with E-state index in [0.29, 0.717) is 23.8 Å². The summed E-state index contributed by atoms with van der Waals surface area (Å²) in [5.41, 5.74) is 1.35. The van der Waals surface area contributed by atoms with Crippen molar-refractivity contribution in [3.05, 3.63) is 70.5 Å². The largest absolute Gasteiger partial charge is 0.493 e. The Labute approximate surface area is 190 Å².